The Kier molecular flexibility index (Phi) is 4.52. The first kappa shape index (κ1) is 14.3. The fourth-order valence-corrected chi connectivity index (χ4v) is 1.06. The summed E-state index contributed by atoms with van der Waals surface area (Å²) in [5.74, 6) is 0.149. The lowest BCUT2D eigenvalue weighted by atomic mass is 10.2. The summed E-state index contributed by atoms with van der Waals surface area (Å²) in [5.41, 5.74) is -0.984. The number of rotatable bonds is 3. The predicted molar refractivity (Wildman–Crippen MR) is 59.0 cm³/mol. The molecule has 0 fully saturated rings. The van der Waals surface area contributed by atoms with Gasteiger partial charge in [0, 0.05) is 6.20 Å². The normalized spacial score (nSPS) is 11.4. The maximum absolute atomic E-state index is 12.4. The number of aromatic nitrogens is 1. The second-order valence-corrected chi connectivity index (χ2v) is 4.08. The maximum atomic E-state index is 12.4. The van der Waals surface area contributed by atoms with Crippen LogP contribution in [0.1, 0.15) is 19.4 Å². The smallest absolute Gasteiger partial charge is 0.417 e. The number of carbonyl (C=O) groups excluding carboxylic acids is 1. The summed E-state index contributed by atoms with van der Waals surface area (Å²) in [6.07, 6.45) is -3.49. The summed E-state index contributed by atoms with van der Waals surface area (Å²) < 4.78 is 41.9. The molecular formula is C11H13F3N2O2. The molecule has 1 amide bonds. The first-order chi connectivity index (χ1) is 8.29. The average Bonchev–Trinajstić information content (AvgIpc) is 2.25. The van der Waals surface area contributed by atoms with Crippen molar-refractivity contribution in [2.24, 2.45) is 5.92 Å². The molecule has 0 atom stereocenters. The quantitative estimate of drug-likeness (QED) is 0.909. The van der Waals surface area contributed by atoms with E-state index in [1.807, 2.05) is 13.8 Å². The summed E-state index contributed by atoms with van der Waals surface area (Å²) in [6.45, 7) is 3.89. The standard InChI is InChI=1S/C11H13F3N2O2/c1-7(2)6-18-10(17)16-9-3-8(4-15-5-9)11(12,13)14/h3-5,7H,6H2,1-2H3,(H,16,17). The van der Waals surface area contributed by atoms with Gasteiger partial charge in [-0.05, 0) is 12.0 Å². The van der Waals surface area contributed by atoms with Gasteiger partial charge in [-0.15, -0.1) is 0 Å². The molecule has 0 saturated carbocycles. The minimum Gasteiger partial charge on any atom is -0.449 e. The van der Waals surface area contributed by atoms with Crippen LogP contribution >= 0.6 is 0 Å². The van der Waals surface area contributed by atoms with E-state index in [0.717, 1.165) is 12.3 Å². The Bertz CT molecular complexity index is 419. The van der Waals surface area contributed by atoms with E-state index in [9.17, 15) is 18.0 Å². The molecule has 1 aromatic rings. The SMILES string of the molecule is CC(C)COC(=O)Nc1cncc(C(F)(F)F)c1. The summed E-state index contributed by atoms with van der Waals surface area (Å²) in [5, 5.41) is 2.19. The molecule has 0 unspecified atom stereocenters. The fraction of sp³-hybridized carbons (Fsp3) is 0.455. The van der Waals surface area contributed by atoms with Crippen LogP contribution in [-0.2, 0) is 10.9 Å². The summed E-state index contributed by atoms with van der Waals surface area (Å²) in [7, 11) is 0. The highest BCUT2D eigenvalue weighted by atomic mass is 19.4. The van der Waals surface area contributed by atoms with E-state index in [0.29, 0.717) is 6.20 Å². The molecule has 1 heterocycles. The van der Waals surface area contributed by atoms with Crippen LogP contribution in [0.4, 0.5) is 23.7 Å². The number of hydrogen-bond donors (Lipinski definition) is 1. The van der Waals surface area contributed by atoms with Gasteiger partial charge in [0.2, 0.25) is 0 Å². The van der Waals surface area contributed by atoms with Crippen LogP contribution in [0.25, 0.3) is 0 Å². The van der Waals surface area contributed by atoms with E-state index >= 15 is 0 Å². The van der Waals surface area contributed by atoms with Crippen LogP contribution in [0.2, 0.25) is 0 Å². The highest BCUT2D eigenvalue weighted by Gasteiger charge is 2.31. The van der Waals surface area contributed by atoms with Gasteiger partial charge in [0.25, 0.3) is 0 Å². The lowest BCUT2D eigenvalue weighted by Gasteiger charge is -2.10. The van der Waals surface area contributed by atoms with Crippen LogP contribution in [0.3, 0.4) is 0 Å². The van der Waals surface area contributed by atoms with Gasteiger partial charge >= 0.3 is 12.3 Å². The minimum atomic E-state index is -4.49. The third kappa shape index (κ3) is 4.60. The number of anilines is 1. The molecule has 1 rings (SSSR count). The molecule has 4 nitrogen and oxygen atoms in total. The van der Waals surface area contributed by atoms with Crippen molar-refractivity contribution < 1.29 is 22.7 Å². The number of pyridine rings is 1. The molecule has 7 heteroatoms. The van der Waals surface area contributed by atoms with E-state index in [4.69, 9.17) is 4.74 Å². The molecule has 0 aliphatic heterocycles. The van der Waals surface area contributed by atoms with Crippen molar-refractivity contribution >= 4 is 11.8 Å². The number of alkyl halides is 3. The molecule has 18 heavy (non-hydrogen) atoms. The van der Waals surface area contributed by atoms with Crippen LogP contribution in [0.15, 0.2) is 18.5 Å². The van der Waals surface area contributed by atoms with E-state index in [1.54, 1.807) is 0 Å². The summed E-state index contributed by atoms with van der Waals surface area (Å²) in [6, 6.07) is 0.795. The Labute approximate surface area is 102 Å². The van der Waals surface area contributed by atoms with Crippen molar-refractivity contribution in [1.82, 2.24) is 4.98 Å². The number of halogens is 3. The highest BCUT2D eigenvalue weighted by molar-refractivity contribution is 5.84. The first-order valence-corrected chi connectivity index (χ1v) is 5.25. The van der Waals surface area contributed by atoms with Crippen molar-refractivity contribution in [2.45, 2.75) is 20.0 Å². The molecule has 1 aromatic heterocycles. The van der Waals surface area contributed by atoms with Gasteiger partial charge in [0.15, 0.2) is 0 Å². The Hall–Kier alpha value is -1.79. The Morgan fingerprint density at radius 2 is 2.11 bits per heavy atom. The zero-order chi connectivity index (χ0) is 13.8. The van der Waals surface area contributed by atoms with E-state index < -0.39 is 17.8 Å². The molecule has 0 aliphatic carbocycles. The molecule has 100 valence electrons. The van der Waals surface area contributed by atoms with Gasteiger partial charge in [-0.1, -0.05) is 13.8 Å². The van der Waals surface area contributed by atoms with Gasteiger partial charge in [0.1, 0.15) is 0 Å². The van der Waals surface area contributed by atoms with Crippen LogP contribution in [-0.4, -0.2) is 17.7 Å². The fourth-order valence-electron chi connectivity index (χ4n) is 1.06. The lowest BCUT2D eigenvalue weighted by Crippen LogP contribution is -2.17. The number of nitrogens with zero attached hydrogens (tertiary/aromatic N) is 1. The highest BCUT2D eigenvalue weighted by Crippen LogP contribution is 2.29. The summed E-state index contributed by atoms with van der Waals surface area (Å²) in [4.78, 5) is 14.6. The van der Waals surface area contributed by atoms with Gasteiger partial charge in [-0.3, -0.25) is 10.3 Å². The van der Waals surface area contributed by atoms with Gasteiger partial charge in [-0.25, -0.2) is 4.79 Å². The van der Waals surface area contributed by atoms with Crippen molar-refractivity contribution in [2.75, 3.05) is 11.9 Å². The van der Waals surface area contributed by atoms with Gasteiger partial charge in [-0.2, -0.15) is 13.2 Å². The molecule has 0 radical (unpaired) electrons. The van der Waals surface area contributed by atoms with E-state index in [1.165, 1.54) is 0 Å². The number of ether oxygens (including phenoxy) is 1. The molecule has 0 aliphatic rings. The third-order valence-electron chi connectivity index (χ3n) is 1.86. The van der Waals surface area contributed by atoms with E-state index in [-0.39, 0.29) is 18.2 Å². The van der Waals surface area contributed by atoms with Crippen molar-refractivity contribution in [3.63, 3.8) is 0 Å². The first-order valence-electron chi connectivity index (χ1n) is 5.25. The monoisotopic (exact) mass is 262 g/mol. The van der Waals surface area contributed by atoms with Gasteiger partial charge < -0.3 is 4.74 Å². The second kappa shape index (κ2) is 5.70. The molecule has 0 bridgehead atoms. The average molecular weight is 262 g/mol. The molecule has 0 spiro atoms. The van der Waals surface area contributed by atoms with Crippen molar-refractivity contribution in [1.29, 1.82) is 0 Å². The number of carbonyl (C=O) groups is 1. The third-order valence-corrected chi connectivity index (χ3v) is 1.86. The topological polar surface area (TPSA) is 51.2 Å². The van der Waals surface area contributed by atoms with Crippen molar-refractivity contribution in [3.05, 3.63) is 24.0 Å². The zero-order valence-electron chi connectivity index (χ0n) is 9.91. The van der Waals surface area contributed by atoms with E-state index in [2.05, 4.69) is 10.3 Å². The van der Waals surface area contributed by atoms with Gasteiger partial charge in [0.05, 0.1) is 24.1 Å². The summed E-state index contributed by atoms with van der Waals surface area (Å²) >= 11 is 0. The Balaban J connectivity index is 2.65. The minimum absolute atomic E-state index is 0.0569. The van der Waals surface area contributed by atoms with Crippen molar-refractivity contribution in [3.8, 4) is 0 Å². The van der Waals surface area contributed by atoms with Crippen LogP contribution in [0, 0.1) is 5.92 Å². The zero-order valence-corrected chi connectivity index (χ0v) is 9.91. The Morgan fingerprint density at radius 3 is 2.67 bits per heavy atom. The number of nitrogens with one attached hydrogen (secondary N) is 1. The lowest BCUT2D eigenvalue weighted by molar-refractivity contribution is -0.137. The maximum Gasteiger partial charge on any atom is 0.417 e. The second-order valence-electron chi connectivity index (χ2n) is 4.08. The molecule has 0 aromatic carbocycles. The van der Waals surface area contributed by atoms with Crippen LogP contribution in [0.5, 0.6) is 0 Å². The Morgan fingerprint density at radius 1 is 1.44 bits per heavy atom. The molecular weight excluding hydrogens is 249 g/mol. The number of amides is 1. The largest absolute Gasteiger partial charge is 0.449 e. The number of hydrogen-bond acceptors (Lipinski definition) is 3. The molecule has 0 saturated heterocycles. The predicted octanol–water partition coefficient (Wildman–Crippen LogP) is 3.30. The van der Waals surface area contributed by atoms with Crippen LogP contribution < -0.4 is 5.32 Å². The molecule has 1 N–H and O–H groups in total.